The van der Waals surface area contributed by atoms with Crippen molar-refractivity contribution in [2.24, 2.45) is 0 Å². The Kier molecular flexibility index (Phi) is 10.5. The van der Waals surface area contributed by atoms with Crippen molar-refractivity contribution in [3.8, 4) is 5.75 Å². The predicted molar refractivity (Wildman–Crippen MR) is 173 cm³/mol. The van der Waals surface area contributed by atoms with Crippen molar-refractivity contribution in [1.29, 1.82) is 0 Å². The Labute approximate surface area is 262 Å². The molecular formula is C35H49N3O6. The van der Waals surface area contributed by atoms with E-state index < -0.39 is 23.7 Å². The fourth-order valence-electron chi connectivity index (χ4n) is 6.29. The second-order valence-electron chi connectivity index (χ2n) is 13.2. The first-order chi connectivity index (χ1) is 20.8. The lowest BCUT2D eigenvalue weighted by atomic mass is 9.83. The Bertz CT molecular complexity index is 1360. The average molecular weight is 608 g/mol. The fourth-order valence-corrected chi connectivity index (χ4v) is 6.29. The molecule has 1 atom stereocenters. The highest BCUT2D eigenvalue weighted by Crippen LogP contribution is 2.39. The minimum Gasteiger partial charge on any atom is -0.489 e. The van der Waals surface area contributed by atoms with Crippen molar-refractivity contribution in [3.63, 3.8) is 0 Å². The number of likely N-dealkylation sites (N-methyl/N-ethyl adjacent to an activating group) is 1. The molecule has 0 N–H and O–H groups in total. The van der Waals surface area contributed by atoms with Gasteiger partial charge in [0.2, 0.25) is 5.91 Å². The molecule has 240 valence electrons. The fraction of sp³-hybridized carbons (Fsp3) is 0.571. The van der Waals surface area contributed by atoms with Gasteiger partial charge < -0.3 is 24.0 Å². The molecule has 9 heteroatoms. The molecule has 9 nitrogen and oxygen atoms in total. The van der Waals surface area contributed by atoms with Crippen LogP contribution in [0, 0.1) is 6.92 Å². The van der Waals surface area contributed by atoms with Gasteiger partial charge in [0.15, 0.2) is 0 Å². The van der Waals surface area contributed by atoms with E-state index in [0.717, 1.165) is 33.0 Å². The first-order valence-electron chi connectivity index (χ1n) is 15.7. The molecule has 44 heavy (non-hydrogen) atoms. The third kappa shape index (κ3) is 7.66. The van der Waals surface area contributed by atoms with Crippen LogP contribution in [0.15, 0.2) is 30.3 Å². The van der Waals surface area contributed by atoms with Crippen LogP contribution in [0.25, 0.3) is 0 Å². The molecule has 2 aliphatic rings. The number of benzene rings is 2. The molecule has 1 heterocycles. The molecular weight excluding hydrogens is 558 g/mol. The molecule has 4 rings (SSSR count). The summed E-state index contributed by atoms with van der Waals surface area (Å²) in [6.45, 7) is 8.18. The maximum absolute atomic E-state index is 13.5. The van der Waals surface area contributed by atoms with Gasteiger partial charge in [-0.05, 0) is 93.3 Å². The minimum atomic E-state index is -1.10. The normalized spacial score (nSPS) is 15.8. The second-order valence-corrected chi connectivity index (χ2v) is 13.2. The van der Waals surface area contributed by atoms with E-state index in [0.29, 0.717) is 25.5 Å². The smallest absolute Gasteiger partial charge is 0.410 e. The lowest BCUT2D eigenvalue weighted by Crippen LogP contribution is -2.48. The van der Waals surface area contributed by atoms with Gasteiger partial charge in [-0.3, -0.25) is 9.69 Å². The van der Waals surface area contributed by atoms with Crippen LogP contribution in [-0.4, -0.2) is 69.3 Å². The number of carbonyl (C=O) groups is 3. The van der Waals surface area contributed by atoms with Gasteiger partial charge in [0, 0.05) is 39.1 Å². The van der Waals surface area contributed by atoms with Crippen LogP contribution in [0.4, 0.5) is 16.2 Å². The van der Waals surface area contributed by atoms with Gasteiger partial charge in [-0.2, -0.15) is 0 Å². The highest BCUT2D eigenvalue weighted by atomic mass is 16.6. The first kappa shape index (κ1) is 33.1. The Hall–Kier alpha value is -3.75. The summed E-state index contributed by atoms with van der Waals surface area (Å²) in [4.78, 5) is 43.8. The molecule has 0 bridgehead atoms. The lowest BCUT2D eigenvalue weighted by molar-refractivity contribution is -0.148. The lowest BCUT2D eigenvalue weighted by Gasteiger charge is -2.30. The molecule has 1 aliphatic heterocycles. The highest BCUT2D eigenvalue weighted by Gasteiger charge is 2.36. The van der Waals surface area contributed by atoms with Gasteiger partial charge in [0.25, 0.3) is 0 Å². The van der Waals surface area contributed by atoms with E-state index in [2.05, 4.69) is 37.2 Å². The van der Waals surface area contributed by atoms with Crippen molar-refractivity contribution >= 4 is 29.3 Å². The highest BCUT2D eigenvalue weighted by molar-refractivity contribution is 5.99. The number of carbonyl (C=O) groups excluding carboxylic acids is 3. The predicted octanol–water partition coefficient (Wildman–Crippen LogP) is 6.38. The number of rotatable bonds is 9. The Morgan fingerprint density at radius 1 is 1.02 bits per heavy atom. The molecule has 0 radical (unpaired) electrons. The molecule has 2 aromatic carbocycles. The summed E-state index contributed by atoms with van der Waals surface area (Å²) < 4.78 is 16.7. The maximum atomic E-state index is 13.5. The van der Waals surface area contributed by atoms with Crippen LogP contribution in [-0.2, 0) is 32.1 Å². The van der Waals surface area contributed by atoms with Crippen LogP contribution < -0.4 is 14.5 Å². The first-order valence-corrected chi connectivity index (χ1v) is 15.7. The molecule has 0 aromatic heterocycles. The van der Waals surface area contributed by atoms with Gasteiger partial charge in [-0.25, -0.2) is 9.59 Å². The van der Waals surface area contributed by atoms with Crippen LogP contribution >= 0.6 is 0 Å². The summed E-state index contributed by atoms with van der Waals surface area (Å²) in [7, 11) is 6.89. The molecule has 0 spiro atoms. The zero-order chi connectivity index (χ0) is 32.2. The molecule has 2 aromatic rings. The summed E-state index contributed by atoms with van der Waals surface area (Å²) in [5.41, 5.74) is 5.92. The van der Waals surface area contributed by atoms with E-state index in [-0.39, 0.29) is 12.3 Å². The van der Waals surface area contributed by atoms with E-state index >= 15 is 0 Å². The standard InChI is InChI=1S/C35H49N3O6/c1-23-26-18-19-38(32(39)21-30(33(40)42-8)37(7)34(41)44-35(2,3)4)28(26)16-17-31(23)43-22-24-14-15-27(29(20-24)36(5)6)25-12-10-9-11-13-25/h14-17,20,25,30H,9-13,18-19,21-22H2,1-8H3. The van der Waals surface area contributed by atoms with Gasteiger partial charge >= 0.3 is 12.1 Å². The van der Waals surface area contributed by atoms with Crippen molar-refractivity contribution in [3.05, 3.63) is 52.6 Å². The number of methoxy groups -OCH3 is 1. The van der Waals surface area contributed by atoms with E-state index in [1.54, 1.807) is 25.7 Å². The number of ether oxygens (including phenoxy) is 3. The molecule has 2 amide bonds. The van der Waals surface area contributed by atoms with E-state index in [4.69, 9.17) is 14.2 Å². The van der Waals surface area contributed by atoms with Crippen LogP contribution in [0.3, 0.4) is 0 Å². The number of fused-ring (bicyclic) bond motifs is 1. The average Bonchev–Trinajstić information content (AvgIpc) is 3.43. The number of hydrogen-bond acceptors (Lipinski definition) is 7. The molecule has 1 fully saturated rings. The molecule has 1 saturated carbocycles. The monoisotopic (exact) mass is 607 g/mol. The summed E-state index contributed by atoms with van der Waals surface area (Å²) in [6, 6.07) is 9.43. The minimum absolute atomic E-state index is 0.218. The summed E-state index contributed by atoms with van der Waals surface area (Å²) >= 11 is 0. The third-order valence-corrected chi connectivity index (χ3v) is 8.71. The number of anilines is 2. The van der Waals surface area contributed by atoms with Gasteiger partial charge in [-0.15, -0.1) is 0 Å². The second kappa shape index (κ2) is 13.9. The van der Waals surface area contributed by atoms with Crippen molar-refractivity contribution in [2.45, 2.75) is 96.8 Å². The SMILES string of the molecule is COC(=O)C(CC(=O)N1CCc2c1ccc(OCc1ccc(C3CCCCC3)c(N(C)C)c1)c2C)N(C)C(=O)OC(C)(C)C. The van der Waals surface area contributed by atoms with Crippen LogP contribution in [0.5, 0.6) is 5.75 Å². The van der Waals surface area contributed by atoms with Crippen LogP contribution in [0.1, 0.15) is 87.5 Å². The van der Waals surface area contributed by atoms with Crippen LogP contribution in [0.2, 0.25) is 0 Å². The quantitative estimate of drug-likeness (QED) is 0.306. The van der Waals surface area contributed by atoms with Crippen molar-refractivity contribution in [1.82, 2.24) is 4.90 Å². The number of amides is 2. The zero-order valence-corrected chi connectivity index (χ0v) is 27.7. The summed E-state index contributed by atoms with van der Waals surface area (Å²) in [5.74, 6) is 0.478. The molecule has 0 saturated heterocycles. The van der Waals surface area contributed by atoms with E-state index in [9.17, 15) is 14.4 Å². The van der Waals surface area contributed by atoms with Crippen molar-refractivity contribution < 1.29 is 28.6 Å². The van der Waals surface area contributed by atoms with Crippen molar-refractivity contribution in [2.75, 3.05) is 44.6 Å². The Balaban J connectivity index is 1.46. The summed E-state index contributed by atoms with van der Waals surface area (Å²) in [6.07, 6.45) is 6.23. The Morgan fingerprint density at radius 2 is 1.73 bits per heavy atom. The largest absolute Gasteiger partial charge is 0.489 e. The number of esters is 1. The van der Waals surface area contributed by atoms with E-state index in [1.807, 2.05) is 19.1 Å². The number of hydrogen-bond donors (Lipinski definition) is 0. The third-order valence-electron chi connectivity index (χ3n) is 8.71. The van der Waals surface area contributed by atoms with Gasteiger partial charge in [-0.1, -0.05) is 31.4 Å². The topological polar surface area (TPSA) is 88.6 Å². The molecule has 1 aliphatic carbocycles. The number of nitrogens with zero attached hydrogens (tertiary/aromatic N) is 3. The molecule has 1 unspecified atom stereocenters. The van der Waals surface area contributed by atoms with Gasteiger partial charge in [0.1, 0.15) is 24.0 Å². The zero-order valence-electron chi connectivity index (χ0n) is 27.7. The van der Waals surface area contributed by atoms with Gasteiger partial charge in [0.05, 0.1) is 13.5 Å². The summed E-state index contributed by atoms with van der Waals surface area (Å²) in [5, 5.41) is 0. The van der Waals surface area contributed by atoms with E-state index in [1.165, 1.54) is 57.5 Å². The Morgan fingerprint density at radius 3 is 2.36 bits per heavy atom. The maximum Gasteiger partial charge on any atom is 0.410 e.